The number of β-lactam (4-membered cyclic amide) rings is 1. The maximum atomic E-state index is 13.2. The van der Waals surface area contributed by atoms with Crippen LogP contribution in [0.25, 0.3) is 0 Å². The quantitative estimate of drug-likeness (QED) is 0.538. The number of aliphatic carboxylic acids is 1. The maximum Gasteiger partial charge on any atom is 0.353 e. The molecule has 0 unspecified atom stereocenters. The summed E-state index contributed by atoms with van der Waals surface area (Å²) in [6, 6.07) is 3.70. The number of hydrogen-bond donors (Lipinski definition) is 2. The topological polar surface area (TPSA) is 101 Å². The average Bonchev–Trinajstić information content (AvgIpc) is 3.27. The van der Waals surface area contributed by atoms with Crippen LogP contribution < -0.4 is 0 Å². The number of fused-ring (bicyclic) bond motifs is 1. The number of aryl methyl sites for hydroxylation is 3. The second-order valence-electron chi connectivity index (χ2n) is 10.8. The molecule has 1 aromatic carbocycles. The number of hydrogen-bond acceptors (Lipinski definition) is 6. The lowest BCUT2D eigenvalue weighted by Gasteiger charge is -2.46. The highest BCUT2D eigenvalue weighted by Gasteiger charge is 2.60. The molecule has 36 heavy (non-hydrogen) atoms. The highest BCUT2D eigenvalue weighted by Crippen LogP contribution is 2.52. The number of carbonyl (C=O) groups excluding carboxylic acids is 2. The minimum absolute atomic E-state index is 0.00978. The van der Waals surface area contributed by atoms with Crippen molar-refractivity contribution in [1.82, 2.24) is 14.7 Å². The zero-order chi connectivity index (χ0) is 26.6. The Morgan fingerprint density at radius 2 is 1.81 bits per heavy atom. The SMILES string of the molecule is Cc1cc(C)c(CN2C[C@@H](SC3=C(C(=O)O)N4C(=O)[C@H]([C@@H](C)O)[C@H]4[C@H]3C)C[C@H]2C(=O)N(C)C)c(C)c1. The molecule has 2 N–H and O–H groups in total. The molecular formula is C27H37N3O5S. The first-order chi connectivity index (χ1) is 16.8. The fraction of sp³-hybridized carbons (Fsp3) is 0.593. The molecule has 2 fully saturated rings. The molecule has 3 aliphatic rings. The van der Waals surface area contributed by atoms with Crippen molar-refractivity contribution < 1.29 is 24.6 Å². The Bertz CT molecular complexity index is 1110. The monoisotopic (exact) mass is 515 g/mol. The van der Waals surface area contributed by atoms with Gasteiger partial charge in [0.2, 0.25) is 11.8 Å². The van der Waals surface area contributed by atoms with E-state index in [1.807, 2.05) is 6.92 Å². The predicted octanol–water partition coefficient (Wildman–Crippen LogP) is 2.53. The number of carbonyl (C=O) groups is 3. The Morgan fingerprint density at radius 1 is 1.19 bits per heavy atom. The van der Waals surface area contributed by atoms with Gasteiger partial charge in [0.1, 0.15) is 5.70 Å². The van der Waals surface area contributed by atoms with Gasteiger partial charge in [-0.15, -0.1) is 11.8 Å². The number of thioether (sulfide) groups is 1. The van der Waals surface area contributed by atoms with Gasteiger partial charge in [-0.25, -0.2) is 4.79 Å². The first kappa shape index (κ1) is 26.7. The minimum atomic E-state index is -1.12. The third-order valence-electron chi connectivity index (χ3n) is 7.90. The normalized spacial score (nSPS) is 28.8. The molecule has 1 aromatic rings. The maximum absolute atomic E-state index is 13.2. The lowest BCUT2D eigenvalue weighted by Crippen LogP contribution is -2.63. The lowest BCUT2D eigenvalue weighted by atomic mass is 9.79. The van der Waals surface area contributed by atoms with Crippen molar-refractivity contribution in [2.45, 2.75) is 71.0 Å². The van der Waals surface area contributed by atoms with E-state index in [-0.39, 0.29) is 40.8 Å². The number of rotatable bonds is 7. The number of likely N-dealkylation sites (N-methyl/N-ethyl adjacent to an activating group) is 1. The van der Waals surface area contributed by atoms with Crippen LogP contribution in [-0.4, -0.2) is 86.8 Å². The molecule has 0 radical (unpaired) electrons. The van der Waals surface area contributed by atoms with Crippen molar-refractivity contribution in [1.29, 1.82) is 0 Å². The van der Waals surface area contributed by atoms with Crippen LogP contribution in [0.2, 0.25) is 0 Å². The van der Waals surface area contributed by atoms with Crippen molar-refractivity contribution in [3.63, 3.8) is 0 Å². The Labute approximate surface area is 217 Å². The zero-order valence-corrected chi connectivity index (χ0v) is 22.9. The van der Waals surface area contributed by atoms with Crippen LogP contribution in [0.4, 0.5) is 0 Å². The first-order valence-electron chi connectivity index (χ1n) is 12.5. The highest BCUT2D eigenvalue weighted by molar-refractivity contribution is 8.03. The Balaban J connectivity index is 1.61. The minimum Gasteiger partial charge on any atom is -0.477 e. The fourth-order valence-corrected chi connectivity index (χ4v) is 7.75. The van der Waals surface area contributed by atoms with Gasteiger partial charge in [0, 0.05) is 43.3 Å². The summed E-state index contributed by atoms with van der Waals surface area (Å²) in [7, 11) is 3.53. The van der Waals surface area contributed by atoms with E-state index < -0.39 is 18.0 Å². The van der Waals surface area contributed by atoms with Gasteiger partial charge in [0.15, 0.2) is 0 Å². The van der Waals surface area contributed by atoms with Crippen molar-refractivity contribution in [2.24, 2.45) is 11.8 Å². The van der Waals surface area contributed by atoms with Crippen LogP contribution >= 0.6 is 11.8 Å². The molecule has 0 saturated carbocycles. The van der Waals surface area contributed by atoms with E-state index in [4.69, 9.17) is 0 Å². The average molecular weight is 516 g/mol. The Morgan fingerprint density at radius 3 is 2.33 bits per heavy atom. The Kier molecular flexibility index (Phi) is 7.29. The van der Waals surface area contributed by atoms with Gasteiger partial charge in [-0.3, -0.25) is 14.5 Å². The number of benzene rings is 1. The molecule has 3 heterocycles. The summed E-state index contributed by atoms with van der Waals surface area (Å²) in [6.07, 6.45) is -0.224. The van der Waals surface area contributed by atoms with Crippen LogP contribution in [0.5, 0.6) is 0 Å². The molecular weight excluding hydrogens is 478 g/mol. The molecule has 0 aliphatic carbocycles. The van der Waals surface area contributed by atoms with Crippen molar-refractivity contribution in [2.75, 3.05) is 20.6 Å². The molecule has 0 bridgehead atoms. The molecule has 2 amide bonds. The summed E-state index contributed by atoms with van der Waals surface area (Å²) in [5, 5.41) is 20.1. The van der Waals surface area contributed by atoms with Crippen LogP contribution in [0.15, 0.2) is 22.7 Å². The van der Waals surface area contributed by atoms with E-state index in [9.17, 15) is 24.6 Å². The fourth-order valence-electron chi connectivity index (χ4n) is 6.20. The third-order valence-corrected chi connectivity index (χ3v) is 9.39. The Hall–Kier alpha value is -2.36. The molecule has 196 valence electrons. The molecule has 2 saturated heterocycles. The number of amides is 2. The number of nitrogens with zero attached hydrogens (tertiary/aromatic N) is 3. The second kappa shape index (κ2) is 9.84. The van der Waals surface area contributed by atoms with E-state index in [1.54, 1.807) is 25.9 Å². The number of aliphatic hydroxyl groups excluding tert-OH is 1. The molecule has 6 atom stereocenters. The largest absolute Gasteiger partial charge is 0.477 e. The van der Waals surface area contributed by atoms with Crippen LogP contribution in [-0.2, 0) is 20.9 Å². The number of aliphatic hydroxyl groups is 1. The van der Waals surface area contributed by atoms with E-state index in [0.717, 1.165) is 0 Å². The molecule has 8 nitrogen and oxygen atoms in total. The summed E-state index contributed by atoms with van der Waals surface area (Å²) in [4.78, 5) is 43.9. The summed E-state index contributed by atoms with van der Waals surface area (Å²) in [6.45, 7) is 11.1. The summed E-state index contributed by atoms with van der Waals surface area (Å²) in [5.74, 6) is -2.17. The summed E-state index contributed by atoms with van der Waals surface area (Å²) < 4.78 is 0. The van der Waals surface area contributed by atoms with Crippen LogP contribution in [0.1, 0.15) is 42.5 Å². The van der Waals surface area contributed by atoms with E-state index in [2.05, 4.69) is 37.8 Å². The van der Waals surface area contributed by atoms with Gasteiger partial charge in [-0.1, -0.05) is 24.6 Å². The van der Waals surface area contributed by atoms with E-state index in [0.29, 0.717) is 24.4 Å². The standard InChI is InChI=1S/C27H37N3O5S/c1-13-8-14(2)19(15(3)9-13)12-29-11-18(10-20(29)25(32)28(6)7)36-24-16(4)22-21(17(5)31)26(33)30(22)23(24)27(34)35/h8-9,16-18,20-22,31H,10-12H2,1-7H3,(H,34,35)/t16-,17-,18+,20+,21-,22-/m1/s1. The van der Waals surface area contributed by atoms with Crippen molar-refractivity contribution >= 4 is 29.5 Å². The molecule has 0 aromatic heterocycles. The number of carboxylic acids is 1. The van der Waals surface area contributed by atoms with Gasteiger partial charge in [0.05, 0.1) is 24.1 Å². The summed E-state index contributed by atoms with van der Waals surface area (Å²) in [5.41, 5.74) is 4.87. The zero-order valence-electron chi connectivity index (χ0n) is 22.1. The van der Waals surface area contributed by atoms with Gasteiger partial charge in [-0.2, -0.15) is 0 Å². The predicted molar refractivity (Wildman–Crippen MR) is 139 cm³/mol. The smallest absolute Gasteiger partial charge is 0.353 e. The van der Waals surface area contributed by atoms with Gasteiger partial charge in [0.25, 0.3) is 0 Å². The van der Waals surface area contributed by atoms with Crippen molar-refractivity contribution in [3.05, 3.63) is 45.0 Å². The first-order valence-corrected chi connectivity index (χ1v) is 13.4. The lowest BCUT2D eigenvalue weighted by molar-refractivity contribution is -0.163. The molecule has 9 heteroatoms. The molecule has 4 rings (SSSR count). The van der Waals surface area contributed by atoms with Crippen molar-refractivity contribution in [3.8, 4) is 0 Å². The van der Waals surface area contributed by atoms with E-state index >= 15 is 0 Å². The number of likely N-dealkylation sites (tertiary alicyclic amines) is 1. The van der Waals surface area contributed by atoms with Gasteiger partial charge >= 0.3 is 5.97 Å². The van der Waals surface area contributed by atoms with Gasteiger partial charge in [-0.05, 0) is 50.8 Å². The molecule has 0 spiro atoms. The van der Waals surface area contributed by atoms with Crippen LogP contribution in [0, 0.1) is 32.6 Å². The number of carboxylic acid groups (broad SMARTS) is 1. The molecule has 3 aliphatic heterocycles. The summed E-state index contributed by atoms with van der Waals surface area (Å²) >= 11 is 1.49. The van der Waals surface area contributed by atoms with E-state index in [1.165, 1.54) is 38.9 Å². The second-order valence-corrected chi connectivity index (χ2v) is 12.1. The highest BCUT2D eigenvalue weighted by atomic mass is 32.2. The van der Waals surface area contributed by atoms with Crippen LogP contribution in [0.3, 0.4) is 0 Å². The van der Waals surface area contributed by atoms with Gasteiger partial charge < -0.3 is 20.0 Å². The third kappa shape index (κ3) is 4.46.